The molecule has 1 aromatic carbocycles. The molecule has 1 heterocycles. The summed E-state index contributed by atoms with van der Waals surface area (Å²) in [5.74, 6) is -1.76. The zero-order valence-corrected chi connectivity index (χ0v) is 10.7. The Hall–Kier alpha value is -3.16. The quantitative estimate of drug-likeness (QED) is 0.568. The highest BCUT2D eigenvalue weighted by Gasteiger charge is 2.14. The average Bonchev–Trinajstić information content (AvgIpc) is 2.95. The van der Waals surface area contributed by atoms with Crippen LogP contribution in [0.1, 0.15) is 26.4 Å². The van der Waals surface area contributed by atoms with Gasteiger partial charge in [-0.25, -0.2) is 9.78 Å². The van der Waals surface area contributed by atoms with Crippen LogP contribution >= 0.6 is 0 Å². The predicted octanol–water partition coefficient (Wildman–Crippen LogP) is 1.55. The maximum atomic E-state index is 11.8. The molecule has 3 N–H and O–H groups in total. The number of benzene rings is 1. The first-order chi connectivity index (χ1) is 9.97. The summed E-state index contributed by atoms with van der Waals surface area (Å²) in [5, 5.41) is 21.8. The Morgan fingerprint density at radius 3 is 2.38 bits per heavy atom. The van der Waals surface area contributed by atoms with Crippen molar-refractivity contribution in [3.05, 3.63) is 63.3 Å². The van der Waals surface area contributed by atoms with Crippen molar-refractivity contribution in [1.82, 2.24) is 10.3 Å². The molecule has 8 nitrogen and oxygen atoms in total. The number of carbonyl (C=O) groups excluding carboxylic acids is 1. The van der Waals surface area contributed by atoms with Crippen LogP contribution in [0.15, 0.2) is 36.4 Å². The van der Waals surface area contributed by atoms with E-state index >= 15 is 0 Å². The van der Waals surface area contributed by atoms with Crippen molar-refractivity contribution in [1.29, 1.82) is 0 Å². The molecule has 0 spiro atoms. The van der Waals surface area contributed by atoms with Crippen molar-refractivity contribution in [2.24, 2.45) is 0 Å². The second-order valence-corrected chi connectivity index (χ2v) is 4.20. The van der Waals surface area contributed by atoms with Crippen LogP contribution in [-0.2, 0) is 6.54 Å². The first-order valence-corrected chi connectivity index (χ1v) is 5.91. The lowest BCUT2D eigenvalue weighted by atomic mass is 10.1. The summed E-state index contributed by atoms with van der Waals surface area (Å²) in [4.78, 5) is 34.7. The van der Waals surface area contributed by atoms with Gasteiger partial charge >= 0.3 is 11.8 Å². The number of nitro groups is 1. The van der Waals surface area contributed by atoms with Crippen molar-refractivity contribution >= 4 is 17.7 Å². The normalized spacial score (nSPS) is 10.1. The number of hydrogen-bond donors (Lipinski definition) is 3. The molecule has 0 saturated heterocycles. The van der Waals surface area contributed by atoms with Crippen molar-refractivity contribution in [2.75, 3.05) is 0 Å². The number of nitrogens with one attached hydrogen (secondary N) is 2. The van der Waals surface area contributed by atoms with E-state index in [0.717, 1.165) is 5.56 Å². The molecule has 0 unspecified atom stereocenters. The Morgan fingerprint density at radius 1 is 1.19 bits per heavy atom. The SMILES string of the molecule is O=C(O)c1ccc(CNC(=O)c2ccc([N+](=O)[O-])[nH]2)cc1. The Kier molecular flexibility index (Phi) is 3.98. The Bertz CT molecular complexity index is 690. The van der Waals surface area contributed by atoms with Crippen LogP contribution < -0.4 is 5.32 Å². The van der Waals surface area contributed by atoms with Crippen LogP contribution in [0.2, 0.25) is 0 Å². The van der Waals surface area contributed by atoms with E-state index in [1.54, 1.807) is 12.1 Å². The third-order valence-corrected chi connectivity index (χ3v) is 2.77. The van der Waals surface area contributed by atoms with Gasteiger partial charge in [0.2, 0.25) is 0 Å². The van der Waals surface area contributed by atoms with Gasteiger partial charge in [0.05, 0.1) is 5.56 Å². The van der Waals surface area contributed by atoms with Crippen molar-refractivity contribution in [2.45, 2.75) is 6.54 Å². The van der Waals surface area contributed by atoms with Crippen molar-refractivity contribution in [3.8, 4) is 0 Å². The van der Waals surface area contributed by atoms with Gasteiger partial charge < -0.3 is 20.5 Å². The van der Waals surface area contributed by atoms with Crippen molar-refractivity contribution in [3.63, 3.8) is 0 Å². The molecule has 0 radical (unpaired) electrons. The monoisotopic (exact) mass is 289 g/mol. The minimum atomic E-state index is -1.02. The van der Waals surface area contributed by atoms with Crippen molar-refractivity contribution < 1.29 is 19.6 Å². The summed E-state index contributed by atoms with van der Waals surface area (Å²) in [7, 11) is 0. The minimum Gasteiger partial charge on any atom is -0.478 e. The summed E-state index contributed by atoms with van der Waals surface area (Å²) in [6.07, 6.45) is 0. The molecular formula is C13H11N3O5. The molecule has 1 amide bonds. The van der Waals surface area contributed by atoms with Crippen LogP contribution in [0.5, 0.6) is 0 Å². The summed E-state index contributed by atoms with van der Waals surface area (Å²) in [6, 6.07) is 8.56. The summed E-state index contributed by atoms with van der Waals surface area (Å²) < 4.78 is 0. The zero-order chi connectivity index (χ0) is 15.4. The molecule has 21 heavy (non-hydrogen) atoms. The highest BCUT2D eigenvalue weighted by Crippen LogP contribution is 2.10. The number of amides is 1. The topological polar surface area (TPSA) is 125 Å². The van der Waals surface area contributed by atoms with Gasteiger partial charge in [-0.3, -0.25) is 4.79 Å². The largest absolute Gasteiger partial charge is 0.478 e. The second-order valence-electron chi connectivity index (χ2n) is 4.20. The molecule has 0 saturated carbocycles. The molecule has 8 heteroatoms. The fourth-order valence-corrected chi connectivity index (χ4v) is 1.67. The minimum absolute atomic E-state index is 0.0869. The summed E-state index contributed by atoms with van der Waals surface area (Å²) in [6.45, 7) is 0.186. The number of carbonyl (C=O) groups is 2. The van der Waals surface area contributed by atoms with Gasteiger partial charge in [-0.15, -0.1) is 0 Å². The zero-order valence-electron chi connectivity index (χ0n) is 10.7. The molecule has 0 aliphatic carbocycles. The Labute approximate surface area is 118 Å². The van der Waals surface area contributed by atoms with E-state index < -0.39 is 16.8 Å². The van der Waals surface area contributed by atoms with E-state index in [0.29, 0.717) is 0 Å². The number of aromatic carboxylic acids is 1. The molecule has 0 aliphatic heterocycles. The lowest BCUT2D eigenvalue weighted by molar-refractivity contribution is -0.389. The fraction of sp³-hybridized carbons (Fsp3) is 0.0769. The first kappa shape index (κ1) is 14.3. The van der Waals surface area contributed by atoms with E-state index in [-0.39, 0.29) is 23.6 Å². The van der Waals surface area contributed by atoms with Gasteiger partial charge in [-0.05, 0) is 28.7 Å². The smallest absolute Gasteiger partial charge is 0.335 e. The van der Waals surface area contributed by atoms with E-state index in [1.807, 2.05) is 0 Å². The maximum absolute atomic E-state index is 11.8. The number of carboxylic acid groups (broad SMARTS) is 1. The Balaban J connectivity index is 1.97. The average molecular weight is 289 g/mol. The number of rotatable bonds is 5. The van der Waals surface area contributed by atoms with Crippen LogP contribution in [0.25, 0.3) is 0 Å². The van der Waals surface area contributed by atoms with Gasteiger partial charge in [0.15, 0.2) is 5.69 Å². The van der Waals surface area contributed by atoms with Crippen LogP contribution in [0.4, 0.5) is 5.82 Å². The third kappa shape index (κ3) is 3.44. The van der Waals surface area contributed by atoms with E-state index in [2.05, 4.69) is 10.3 Å². The van der Waals surface area contributed by atoms with Crippen LogP contribution in [0, 0.1) is 10.1 Å². The number of nitrogens with zero attached hydrogens (tertiary/aromatic N) is 1. The third-order valence-electron chi connectivity index (χ3n) is 2.77. The standard InChI is InChI=1S/C13H11N3O5/c17-12(10-5-6-11(15-10)16(20)21)14-7-8-1-3-9(4-2-8)13(18)19/h1-6,15H,7H2,(H,14,17)(H,18,19). The first-order valence-electron chi connectivity index (χ1n) is 5.91. The molecule has 0 aliphatic rings. The molecule has 0 atom stereocenters. The van der Waals surface area contributed by atoms with E-state index in [4.69, 9.17) is 5.11 Å². The van der Waals surface area contributed by atoms with E-state index in [9.17, 15) is 19.7 Å². The van der Waals surface area contributed by atoms with Gasteiger partial charge in [-0.2, -0.15) is 0 Å². The van der Waals surface area contributed by atoms with E-state index in [1.165, 1.54) is 24.3 Å². The highest BCUT2D eigenvalue weighted by atomic mass is 16.6. The molecule has 2 aromatic rings. The van der Waals surface area contributed by atoms with Crippen LogP contribution in [-0.4, -0.2) is 26.9 Å². The number of carboxylic acids is 1. The van der Waals surface area contributed by atoms with Crippen LogP contribution in [0.3, 0.4) is 0 Å². The molecule has 2 rings (SSSR count). The number of aromatic nitrogens is 1. The number of H-pyrrole nitrogens is 1. The molecular weight excluding hydrogens is 278 g/mol. The fourth-order valence-electron chi connectivity index (χ4n) is 1.67. The Morgan fingerprint density at radius 2 is 1.86 bits per heavy atom. The summed E-state index contributed by atoms with van der Waals surface area (Å²) in [5.41, 5.74) is 0.961. The lowest BCUT2D eigenvalue weighted by Gasteiger charge is -2.03. The van der Waals surface area contributed by atoms with Gasteiger partial charge in [0.25, 0.3) is 5.91 Å². The molecule has 108 valence electrons. The van der Waals surface area contributed by atoms with Gasteiger partial charge in [-0.1, -0.05) is 12.1 Å². The van der Waals surface area contributed by atoms with Gasteiger partial charge in [0, 0.05) is 12.6 Å². The summed E-state index contributed by atoms with van der Waals surface area (Å²) >= 11 is 0. The maximum Gasteiger partial charge on any atom is 0.335 e. The predicted molar refractivity (Wildman–Crippen MR) is 72.0 cm³/mol. The molecule has 1 aromatic heterocycles. The van der Waals surface area contributed by atoms with Gasteiger partial charge in [0.1, 0.15) is 0 Å². The second kappa shape index (κ2) is 5.87. The number of aromatic amines is 1. The highest BCUT2D eigenvalue weighted by molar-refractivity contribution is 5.92. The molecule has 0 bridgehead atoms. The lowest BCUT2D eigenvalue weighted by Crippen LogP contribution is -2.23. The number of hydrogen-bond acceptors (Lipinski definition) is 4. The molecule has 0 fully saturated rings.